The Labute approximate surface area is 126 Å². The van der Waals surface area contributed by atoms with E-state index in [1.165, 1.54) is 12.8 Å². The third-order valence-electron chi connectivity index (χ3n) is 3.78. The van der Waals surface area contributed by atoms with E-state index in [4.69, 9.17) is 0 Å². The molecular weight excluding hydrogens is 260 g/mol. The highest BCUT2D eigenvalue weighted by molar-refractivity contribution is 5.64. The number of nitrogens with zero attached hydrogens (tertiary/aromatic N) is 3. The maximum Gasteiger partial charge on any atom is 0.225 e. The topological polar surface area (TPSA) is 41.1 Å². The third kappa shape index (κ3) is 3.32. The summed E-state index contributed by atoms with van der Waals surface area (Å²) in [7, 11) is 0. The van der Waals surface area contributed by atoms with Gasteiger partial charge in [-0.2, -0.15) is 4.98 Å². The first-order chi connectivity index (χ1) is 10.3. The van der Waals surface area contributed by atoms with Gasteiger partial charge in [0.25, 0.3) is 0 Å². The molecule has 110 valence electrons. The van der Waals surface area contributed by atoms with Gasteiger partial charge in [-0.3, -0.25) is 0 Å². The van der Waals surface area contributed by atoms with Gasteiger partial charge in [0.05, 0.1) is 5.69 Å². The number of aromatic nitrogens is 2. The Hall–Kier alpha value is -2.10. The van der Waals surface area contributed by atoms with Crippen molar-refractivity contribution in [3.8, 4) is 11.3 Å². The molecule has 1 aromatic heterocycles. The van der Waals surface area contributed by atoms with Crippen molar-refractivity contribution in [3.63, 3.8) is 0 Å². The van der Waals surface area contributed by atoms with Crippen LogP contribution in [0.1, 0.15) is 26.7 Å². The van der Waals surface area contributed by atoms with Gasteiger partial charge in [0.1, 0.15) is 5.82 Å². The molecule has 4 nitrogen and oxygen atoms in total. The molecule has 1 saturated carbocycles. The standard InChI is InChI=1S/C17H22N4/c1-3-21(4-2)16-12-15(13-8-6-5-7-9-13)19-17(20-16)18-14-10-11-14/h5-9,12,14H,3-4,10-11H2,1-2H3,(H,18,19,20). The zero-order valence-corrected chi connectivity index (χ0v) is 12.7. The monoisotopic (exact) mass is 282 g/mol. The molecule has 0 unspecified atom stereocenters. The molecule has 0 spiro atoms. The Morgan fingerprint density at radius 1 is 1.10 bits per heavy atom. The summed E-state index contributed by atoms with van der Waals surface area (Å²) < 4.78 is 0. The minimum absolute atomic E-state index is 0.556. The lowest BCUT2D eigenvalue weighted by Crippen LogP contribution is -2.23. The quantitative estimate of drug-likeness (QED) is 0.879. The highest BCUT2D eigenvalue weighted by Gasteiger charge is 2.22. The molecule has 2 aromatic rings. The Kier molecular flexibility index (Phi) is 4.04. The maximum absolute atomic E-state index is 4.69. The molecule has 4 heteroatoms. The van der Waals surface area contributed by atoms with E-state index in [0.29, 0.717) is 6.04 Å². The summed E-state index contributed by atoms with van der Waals surface area (Å²) in [6.45, 7) is 6.21. The van der Waals surface area contributed by atoms with Crippen LogP contribution in [0, 0.1) is 0 Å². The van der Waals surface area contributed by atoms with Gasteiger partial charge in [-0.15, -0.1) is 0 Å². The molecule has 1 heterocycles. The predicted octanol–water partition coefficient (Wildman–Crippen LogP) is 3.56. The Balaban J connectivity index is 1.99. The summed E-state index contributed by atoms with van der Waals surface area (Å²) in [5.74, 6) is 1.75. The number of anilines is 2. The van der Waals surface area contributed by atoms with Crippen LogP contribution in [-0.4, -0.2) is 29.1 Å². The minimum atomic E-state index is 0.556. The zero-order chi connectivity index (χ0) is 14.7. The first-order valence-corrected chi connectivity index (χ1v) is 7.76. The SMILES string of the molecule is CCN(CC)c1cc(-c2ccccc2)nc(NC2CC2)n1. The highest BCUT2D eigenvalue weighted by atomic mass is 15.2. The molecule has 1 aliphatic carbocycles. The predicted molar refractivity (Wildman–Crippen MR) is 87.7 cm³/mol. The number of nitrogens with one attached hydrogen (secondary N) is 1. The molecule has 3 rings (SSSR count). The van der Waals surface area contributed by atoms with Crippen LogP contribution in [0.4, 0.5) is 11.8 Å². The minimum Gasteiger partial charge on any atom is -0.357 e. The Morgan fingerprint density at radius 2 is 1.81 bits per heavy atom. The summed E-state index contributed by atoms with van der Waals surface area (Å²) in [6, 6.07) is 12.9. The number of hydrogen-bond donors (Lipinski definition) is 1. The second-order valence-electron chi connectivity index (χ2n) is 5.39. The Bertz CT molecular complexity index is 589. The van der Waals surface area contributed by atoms with Crippen molar-refractivity contribution in [3.05, 3.63) is 36.4 Å². The van der Waals surface area contributed by atoms with E-state index in [2.05, 4.69) is 52.2 Å². The lowest BCUT2D eigenvalue weighted by molar-refractivity contribution is 0.841. The van der Waals surface area contributed by atoms with Crippen molar-refractivity contribution >= 4 is 11.8 Å². The molecule has 0 amide bonds. The largest absolute Gasteiger partial charge is 0.357 e. The normalized spacial score (nSPS) is 14.0. The van der Waals surface area contributed by atoms with Gasteiger partial charge >= 0.3 is 0 Å². The smallest absolute Gasteiger partial charge is 0.225 e. The zero-order valence-electron chi connectivity index (χ0n) is 12.7. The van der Waals surface area contributed by atoms with E-state index in [1.54, 1.807) is 0 Å². The van der Waals surface area contributed by atoms with Crippen molar-refractivity contribution in [2.24, 2.45) is 0 Å². The maximum atomic E-state index is 4.69. The summed E-state index contributed by atoms with van der Waals surface area (Å²) >= 11 is 0. The fourth-order valence-electron chi connectivity index (χ4n) is 2.38. The van der Waals surface area contributed by atoms with E-state index in [9.17, 15) is 0 Å². The summed E-state index contributed by atoms with van der Waals surface area (Å²) in [5.41, 5.74) is 2.11. The molecule has 1 aromatic carbocycles. The van der Waals surface area contributed by atoms with Gasteiger partial charge in [-0.05, 0) is 26.7 Å². The molecule has 0 atom stereocenters. The number of rotatable bonds is 6. The van der Waals surface area contributed by atoms with E-state index in [-0.39, 0.29) is 0 Å². The van der Waals surface area contributed by atoms with Crippen LogP contribution >= 0.6 is 0 Å². The van der Waals surface area contributed by atoms with Crippen LogP contribution in [0.15, 0.2) is 36.4 Å². The number of benzene rings is 1. The first kappa shape index (κ1) is 13.9. The van der Waals surface area contributed by atoms with Gasteiger partial charge in [-0.25, -0.2) is 4.98 Å². The van der Waals surface area contributed by atoms with Crippen LogP contribution in [0.2, 0.25) is 0 Å². The molecule has 1 fully saturated rings. The van der Waals surface area contributed by atoms with Crippen LogP contribution < -0.4 is 10.2 Å². The lowest BCUT2D eigenvalue weighted by atomic mass is 10.1. The second-order valence-corrected chi connectivity index (χ2v) is 5.39. The second kappa shape index (κ2) is 6.12. The van der Waals surface area contributed by atoms with Crippen LogP contribution in [0.5, 0.6) is 0 Å². The summed E-state index contributed by atoms with van der Waals surface area (Å²) in [5, 5.41) is 3.42. The van der Waals surface area contributed by atoms with E-state index >= 15 is 0 Å². The van der Waals surface area contributed by atoms with Gasteiger partial charge in [-0.1, -0.05) is 30.3 Å². The van der Waals surface area contributed by atoms with Crippen molar-refractivity contribution in [1.29, 1.82) is 0 Å². The Morgan fingerprint density at radius 3 is 2.43 bits per heavy atom. The van der Waals surface area contributed by atoms with Crippen molar-refractivity contribution in [2.45, 2.75) is 32.7 Å². The van der Waals surface area contributed by atoms with Gasteiger partial charge in [0.15, 0.2) is 0 Å². The molecule has 0 bridgehead atoms. The van der Waals surface area contributed by atoms with E-state index in [0.717, 1.165) is 36.1 Å². The van der Waals surface area contributed by atoms with Crippen molar-refractivity contribution < 1.29 is 0 Å². The molecule has 0 radical (unpaired) electrons. The van der Waals surface area contributed by atoms with Crippen molar-refractivity contribution in [1.82, 2.24) is 9.97 Å². The van der Waals surface area contributed by atoms with Gasteiger partial charge in [0, 0.05) is 30.8 Å². The fraction of sp³-hybridized carbons (Fsp3) is 0.412. The fourth-order valence-corrected chi connectivity index (χ4v) is 2.38. The molecular formula is C17H22N4. The first-order valence-electron chi connectivity index (χ1n) is 7.76. The summed E-state index contributed by atoms with van der Waals surface area (Å²) in [6.07, 6.45) is 2.44. The van der Waals surface area contributed by atoms with Gasteiger partial charge in [0.2, 0.25) is 5.95 Å². The van der Waals surface area contributed by atoms with Crippen molar-refractivity contribution in [2.75, 3.05) is 23.3 Å². The molecule has 21 heavy (non-hydrogen) atoms. The van der Waals surface area contributed by atoms with Crippen LogP contribution in [0.25, 0.3) is 11.3 Å². The highest BCUT2D eigenvalue weighted by Crippen LogP contribution is 2.27. The van der Waals surface area contributed by atoms with Crippen LogP contribution in [-0.2, 0) is 0 Å². The van der Waals surface area contributed by atoms with Gasteiger partial charge < -0.3 is 10.2 Å². The average Bonchev–Trinajstić information content (AvgIpc) is 3.33. The van der Waals surface area contributed by atoms with E-state index in [1.807, 2.05) is 18.2 Å². The summed E-state index contributed by atoms with van der Waals surface area (Å²) in [4.78, 5) is 11.6. The molecule has 0 saturated heterocycles. The third-order valence-corrected chi connectivity index (χ3v) is 3.78. The molecule has 0 aliphatic heterocycles. The van der Waals surface area contributed by atoms with Crippen LogP contribution in [0.3, 0.4) is 0 Å². The lowest BCUT2D eigenvalue weighted by Gasteiger charge is -2.21. The average molecular weight is 282 g/mol. The molecule has 1 N–H and O–H groups in total. The molecule has 1 aliphatic rings. The number of hydrogen-bond acceptors (Lipinski definition) is 4. The van der Waals surface area contributed by atoms with E-state index < -0.39 is 0 Å².